The van der Waals surface area contributed by atoms with Crippen LogP contribution in [-0.2, 0) is 4.79 Å². The van der Waals surface area contributed by atoms with E-state index in [1.54, 1.807) is 38.4 Å². The number of aromatic nitrogens is 2. The summed E-state index contributed by atoms with van der Waals surface area (Å²) in [5.74, 6) is 2.19. The largest absolute Gasteiger partial charge is 0.493 e. The number of methoxy groups -OCH3 is 3. The molecule has 1 aliphatic rings. The smallest absolute Gasteiger partial charge is 0.232 e. The van der Waals surface area contributed by atoms with Gasteiger partial charge in [-0.1, -0.05) is 22.9 Å². The van der Waals surface area contributed by atoms with Gasteiger partial charge in [0.15, 0.2) is 11.5 Å². The summed E-state index contributed by atoms with van der Waals surface area (Å²) in [6.07, 6.45) is 0.324. The van der Waals surface area contributed by atoms with Gasteiger partial charge >= 0.3 is 0 Å². The summed E-state index contributed by atoms with van der Waals surface area (Å²) in [6.45, 7) is 2.51. The number of carbonyl (C=O) groups excluding carboxylic acids is 1. The SMILES string of the molecule is COc1cc(-c2noc(C3CC(=O)N(c4ccc(C)cc4)C3)n2)cc(OC)c1OC. The van der Waals surface area contributed by atoms with Crippen molar-refractivity contribution in [2.45, 2.75) is 19.3 Å². The Kier molecular flexibility index (Phi) is 5.31. The highest BCUT2D eigenvalue weighted by Crippen LogP contribution is 2.41. The molecular weight excluding hydrogens is 386 g/mol. The van der Waals surface area contributed by atoms with Crippen molar-refractivity contribution in [3.8, 4) is 28.6 Å². The number of amides is 1. The van der Waals surface area contributed by atoms with Crippen LogP contribution in [0.25, 0.3) is 11.4 Å². The van der Waals surface area contributed by atoms with Crippen molar-refractivity contribution >= 4 is 11.6 Å². The Morgan fingerprint density at radius 3 is 2.30 bits per heavy atom. The van der Waals surface area contributed by atoms with Crippen LogP contribution in [0, 0.1) is 6.92 Å². The van der Waals surface area contributed by atoms with Gasteiger partial charge in [-0.25, -0.2) is 0 Å². The van der Waals surface area contributed by atoms with Crippen molar-refractivity contribution in [2.24, 2.45) is 0 Å². The van der Waals surface area contributed by atoms with Gasteiger partial charge in [0.05, 0.1) is 27.2 Å². The van der Waals surface area contributed by atoms with Crippen LogP contribution < -0.4 is 19.1 Å². The van der Waals surface area contributed by atoms with Gasteiger partial charge in [-0.2, -0.15) is 4.98 Å². The van der Waals surface area contributed by atoms with E-state index in [4.69, 9.17) is 18.7 Å². The third kappa shape index (κ3) is 3.56. The minimum Gasteiger partial charge on any atom is -0.493 e. The molecular formula is C22H23N3O5. The molecule has 0 saturated carbocycles. The van der Waals surface area contributed by atoms with E-state index in [2.05, 4.69) is 10.1 Å². The molecule has 1 aromatic heterocycles. The number of aryl methyl sites for hydroxylation is 1. The maximum absolute atomic E-state index is 12.5. The van der Waals surface area contributed by atoms with Crippen LogP contribution in [0.15, 0.2) is 40.9 Å². The van der Waals surface area contributed by atoms with E-state index >= 15 is 0 Å². The molecule has 156 valence electrons. The van der Waals surface area contributed by atoms with Gasteiger partial charge in [0.2, 0.25) is 23.4 Å². The normalized spacial score (nSPS) is 16.1. The summed E-state index contributed by atoms with van der Waals surface area (Å²) in [5.41, 5.74) is 2.69. The van der Waals surface area contributed by atoms with Gasteiger partial charge in [0.25, 0.3) is 0 Å². The molecule has 4 rings (SSSR count). The predicted octanol–water partition coefficient (Wildman–Crippen LogP) is 3.59. The lowest BCUT2D eigenvalue weighted by Crippen LogP contribution is -2.24. The molecule has 0 radical (unpaired) electrons. The van der Waals surface area contributed by atoms with E-state index < -0.39 is 0 Å². The monoisotopic (exact) mass is 409 g/mol. The van der Waals surface area contributed by atoms with Gasteiger partial charge in [0.1, 0.15) is 0 Å². The second-order valence-electron chi connectivity index (χ2n) is 7.11. The second-order valence-corrected chi connectivity index (χ2v) is 7.11. The van der Waals surface area contributed by atoms with E-state index in [1.807, 2.05) is 31.2 Å². The summed E-state index contributed by atoms with van der Waals surface area (Å²) in [4.78, 5) is 18.8. The number of carbonyl (C=O) groups is 1. The van der Waals surface area contributed by atoms with Crippen molar-refractivity contribution < 1.29 is 23.5 Å². The van der Waals surface area contributed by atoms with E-state index in [0.29, 0.717) is 47.5 Å². The summed E-state index contributed by atoms with van der Waals surface area (Å²) in [6, 6.07) is 11.4. The average Bonchev–Trinajstić information content (AvgIpc) is 3.40. The number of benzene rings is 2. The first kappa shape index (κ1) is 19.8. The van der Waals surface area contributed by atoms with Crippen molar-refractivity contribution in [3.05, 3.63) is 47.9 Å². The zero-order chi connectivity index (χ0) is 21.3. The van der Waals surface area contributed by atoms with Crippen LogP contribution in [-0.4, -0.2) is 43.9 Å². The molecule has 2 heterocycles. The van der Waals surface area contributed by atoms with Gasteiger partial charge in [-0.05, 0) is 31.2 Å². The Morgan fingerprint density at radius 2 is 1.70 bits per heavy atom. The average molecular weight is 409 g/mol. The molecule has 1 saturated heterocycles. The zero-order valence-electron chi connectivity index (χ0n) is 17.3. The first-order valence-electron chi connectivity index (χ1n) is 9.55. The molecule has 3 aromatic rings. The summed E-state index contributed by atoms with van der Waals surface area (Å²) in [7, 11) is 4.64. The Labute approximate surface area is 174 Å². The lowest BCUT2D eigenvalue weighted by Gasteiger charge is -2.16. The summed E-state index contributed by atoms with van der Waals surface area (Å²) in [5, 5.41) is 4.10. The van der Waals surface area contributed by atoms with Crippen LogP contribution in [0.4, 0.5) is 5.69 Å². The molecule has 0 bridgehead atoms. The maximum atomic E-state index is 12.5. The molecule has 0 N–H and O–H groups in total. The first-order chi connectivity index (χ1) is 14.5. The lowest BCUT2D eigenvalue weighted by molar-refractivity contribution is -0.117. The second kappa shape index (κ2) is 8.06. The fourth-order valence-electron chi connectivity index (χ4n) is 3.58. The van der Waals surface area contributed by atoms with Crippen LogP contribution in [0.1, 0.15) is 23.8 Å². The highest BCUT2D eigenvalue weighted by atomic mass is 16.5. The Hall–Kier alpha value is -3.55. The minimum atomic E-state index is -0.165. The molecule has 1 amide bonds. The van der Waals surface area contributed by atoms with Gasteiger partial charge < -0.3 is 23.6 Å². The summed E-state index contributed by atoms with van der Waals surface area (Å²) < 4.78 is 21.6. The molecule has 30 heavy (non-hydrogen) atoms. The molecule has 0 spiro atoms. The molecule has 2 aromatic carbocycles. The fraction of sp³-hybridized carbons (Fsp3) is 0.318. The van der Waals surface area contributed by atoms with Crippen LogP contribution in [0.2, 0.25) is 0 Å². The number of ether oxygens (including phenoxy) is 3. The van der Waals surface area contributed by atoms with Crippen LogP contribution in [0.3, 0.4) is 0 Å². The van der Waals surface area contributed by atoms with Crippen molar-refractivity contribution in [1.29, 1.82) is 0 Å². The summed E-state index contributed by atoms with van der Waals surface area (Å²) >= 11 is 0. The quantitative estimate of drug-likeness (QED) is 0.615. The first-order valence-corrected chi connectivity index (χ1v) is 9.55. The van der Waals surface area contributed by atoms with Gasteiger partial charge in [0, 0.05) is 24.2 Å². The lowest BCUT2D eigenvalue weighted by atomic mass is 10.1. The highest BCUT2D eigenvalue weighted by molar-refractivity contribution is 5.96. The topological polar surface area (TPSA) is 86.9 Å². The predicted molar refractivity (Wildman–Crippen MR) is 110 cm³/mol. The minimum absolute atomic E-state index is 0.0383. The van der Waals surface area contributed by atoms with Crippen LogP contribution >= 0.6 is 0 Å². The number of rotatable bonds is 6. The standard InChI is InChI=1S/C22H23N3O5/c1-13-5-7-16(8-6-13)25-12-15(11-19(25)26)22-23-21(24-30-22)14-9-17(27-2)20(29-4)18(10-14)28-3/h5-10,15H,11-12H2,1-4H3. The van der Waals surface area contributed by atoms with Gasteiger partial charge in [-0.15, -0.1) is 0 Å². The molecule has 0 aliphatic carbocycles. The molecule has 1 aliphatic heterocycles. The number of hydrogen-bond donors (Lipinski definition) is 0. The molecule has 1 fully saturated rings. The highest BCUT2D eigenvalue weighted by Gasteiger charge is 2.35. The number of anilines is 1. The molecule has 8 heteroatoms. The third-order valence-electron chi connectivity index (χ3n) is 5.18. The number of nitrogens with zero attached hydrogens (tertiary/aromatic N) is 3. The third-order valence-corrected chi connectivity index (χ3v) is 5.18. The Morgan fingerprint density at radius 1 is 1.03 bits per heavy atom. The molecule has 8 nitrogen and oxygen atoms in total. The van der Waals surface area contributed by atoms with E-state index in [1.165, 1.54) is 0 Å². The van der Waals surface area contributed by atoms with E-state index in [-0.39, 0.29) is 11.8 Å². The number of hydrogen-bond acceptors (Lipinski definition) is 7. The van der Waals surface area contributed by atoms with E-state index in [9.17, 15) is 4.79 Å². The molecule has 1 atom stereocenters. The maximum Gasteiger partial charge on any atom is 0.232 e. The Balaban J connectivity index is 1.59. The van der Waals surface area contributed by atoms with E-state index in [0.717, 1.165) is 11.3 Å². The van der Waals surface area contributed by atoms with Crippen molar-refractivity contribution in [1.82, 2.24) is 10.1 Å². The van der Waals surface area contributed by atoms with Crippen molar-refractivity contribution in [3.63, 3.8) is 0 Å². The van der Waals surface area contributed by atoms with Crippen LogP contribution in [0.5, 0.6) is 17.2 Å². The van der Waals surface area contributed by atoms with Crippen molar-refractivity contribution in [2.75, 3.05) is 32.8 Å². The van der Waals surface area contributed by atoms with Gasteiger partial charge in [-0.3, -0.25) is 4.79 Å². The Bertz CT molecular complexity index is 1040. The zero-order valence-corrected chi connectivity index (χ0v) is 17.3. The molecule has 1 unspecified atom stereocenters. The fourth-order valence-corrected chi connectivity index (χ4v) is 3.58.